The largest absolute Gasteiger partial charge is 0.333 e. The van der Waals surface area contributed by atoms with Gasteiger partial charge >= 0.3 is 0 Å². The van der Waals surface area contributed by atoms with Gasteiger partial charge in [-0.3, -0.25) is 4.99 Å². The van der Waals surface area contributed by atoms with Gasteiger partial charge in [-0.1, -0.05) is 23.9 Å². The minimum atomic E-state index is -0.245. The number of para-hydroxylation sites is 1. The van der Waals surface area contributed by atoms with Crippen LogP contribution in [0.1, 0.15) is 13.8 Å². The zero-order chi connectivity index (χ0) is 10.9. The van der Waals surface area contributed by atoms with Gasteiger partial charge in [0.05, 0.1) is 11.2 Å². The summed E-state index contributed by atoms with van der Waals surface area (Å²) in [6, 6.07) is 6.63. The van der Waals surface area contributed by atoms with Gasteiger partial charge in [0.25, 0.3) is 0 Å². The van der Waals surface area contributed by atoms with Crippen molar-refractivity contribution in [1.29, 1.82) is 0 Å². The molecule has 4 heteroatoms. The lowest BCUT2D eigenvalue weighted by Crippen LogP contribution is -2.15. The van der Waals surface area contributed by atoms with E-state index in [1.807, 2.05) is 0 Å². The number of nitrogens with zero attached hydrogens (tertiary/aromatic N) is 1. The van der Waals surface area contributed by atoms with Crippen LogP contribution in [0.3, 0.4) is 0 Å². The first-order chi connectivity index (χ1) is 7.07. The average Bonchev–Trinajstić information content (AvgIpc) is 2.50. The molecule has 0 amide bonds. The highest BCUT2D eigenvalue weighted by molar-refractivity contribution is 8.14. The van der Waals surface area contributed by atoms with Crippen LogP contribution in [-0.4, -0.2) is 16.5 Å². The predicted molar refractivity (Wildman–Crippen MR) is 64.0 cm³/mol. The maximum atomic E-state index is 13.3. The van der Waals surface area contributed by atoms with Crippen molar-refractivity contribution < 1.29 is 4.39 Å². The number of nitrogens with one attached hydrogen (secondary N) is 1. The summed E-state index contributed by atoms with van der Waals surface area (Å²) in [5, 5.41) is 3.80. The Labute approximate surface area is 93.0 Å². The van der Waals surface area contributed by atoms with Gasteiger partial charge < -0.3 is 5.32 Å². The standard InChI is InChI=1S/C11H13FN2S/c1-11(2)7-15-10(14-11)13-9-6-4-3-5-8(9)12/h3-6H,7H2,1-2H3,(H,13,14). The Morgan fingerprint density at radius 1 is 1.40 bits per heavy atom. The molecule has 1 aromatic rings. The second kappa shape index (κ2) is 3.85. The van der Waals surface area contributed by atoms with Crippen molar-refractivity contribution in [2.24, 2.45) is 4.99 Å². The maximum Gasteiger partial charge on any atom is 0.161 e. The van der Waals surface area contributed by atoms with Gasteiger partial charge in [-0.2, -0.15) is 0 Å². The summed E-state index contributed by atoms with van der Waals surface area (Å²) >= 11 is 1.63. The van der Waals surface area contributed by atoms with Crippen molar-refractivity contribution in [2.75, 3.05) is 11.1 Å². The Morgan fingerprint density at radius 2 is 2.13 bits per heavy atom. The zero-order valence-electron chi connectivity index (χ0n) is 8.75. The summed E-state index contributed by atoms with van der Waals surface area (Å²) in [5.41, 5.74) is 0.444. The molecule has 0 aliphatic carbocycles. The normalized spacial score (nSPS) is 18.7. The molecule has 2 nitrogen and oxygen atoms in total. The van der Waals surface area contributed by atoms with Gasteiger partial charge in [-0.15, -0.1) is 0 Å². The van der Waals surface area contributed by atoms with E-state index in [0.29, 0.717) is 5.69 Å². The van der Waals surface area contributed by atoms with Crippen LogP contribution in [0.2, 0.25) is 0 Å². The molecule has 15 heavy (non-hydrogen) atoms. The minimum absolute atomic E-state index is 0.0434. The Kier molecular flexibility index (Phi) is 2.69. The molecule has 1 N–H and O–H groups in total. The molecule has 0 atom stereocenters. The van der Waals surface area contributed by atoms with Crippen LogP contribution >= 0.6 is 11.8 Å². The van der Waals surface area contributed by atoms with E-state index in [2.05, 4.69) is 24.2 Å². The lowest BCUT2D eigenvalue weighted by Gasteiger charge is -2.09. The number of halogens is 1. The van der Waals surface area contributed by atoms with E-state index in [-0.39, 0.29) is 11.4 Å². The van der Waals surface area contributed by atoms with Crippen molar-refractivity contribution in [1.82, 2.24) is 0 Å². The van der Waals surface area contributed by atoms with Crippen molar-refractivity contribution in [3.05, 3.63) is 30.1 Å². The van der Waals surface area contributed by atoms with Crippen LogP contribution in [-0.2, 0) is 0 Å². The fourth-order valence-electron chi connectivity index (χ4n) is 1.33. The highest BCUT2D eigenvalue weighted by Crippen LogP contribution is 2.28. The molecule has 0 unspecified atom stereocenters. The molecular formula is C11H13FN2S. The predicted octanol–water partition coefficient (Wildman–Crippen LogP) is 3.12. The van der Waals surface area contributed by atoms with Crippen LogP contribution in [0.4, 0.5) is 10.1 Å². The summed E-state index contributed by atoms with van der Waals surface area (Å²) < 4.78 is 13.3. The third-order valence-electron chi connectivity index (χ3n) is 2.08. The zero-order valence-corrected chi connectivity index (χ0v) is 9.57. The van der Waals surface area contributed by atoms with E-state index in [4.69, 9.17) is 0 Å². The number of hydrogen-bond acceptors (Lipinski definition) is 3. The van der Waals surface area contributed by atoms with E-state index in [9.17, 15) is 4.39 Å². The molecule has 1 aliphatic rings. The number of thioether (sulfide) groups is 1. The lowest BCUT2D eigenvalue weighted by atomic mass is 10.1. The summed E-state index contributed by atoms with van der Waals surface area (Å²) in [6.07, 6.45) is 0. The summed E-state index contributed by atoms with van der Waals surface area (Å²) in [4.78, 5) is 4.46. The van der Waals surface area contributed by atoms with E-state index in [1.54, 1.807) is 30.0 Å². The first-order valence-corrected chi connectivity index (χ1v) is 5.80. The van der Waals surface area contributed by atoms with Gasteiger partial charge in [0.1, 0.15) is 5.82 Å². The van der Waals surface area contributed by atoms with Crippen molar-refractivity contribution in [2.45, 2.75) is 19.4 Å². The molecule has 0 saturated carbocycles. The minimum Gasteiger partial charge on any atom is -0.333 e. The fourth-order valence-corrected chi connectivity index (χ4v) is 2.37. The number of amidine groups is 1. The molecule has 0 radical (unpaired) electrons. The lowest BCUT2D eigenvalue weighted by molar-refractivity contribution is 0.604. The summed E-state index contributed by atoms with van der Waals surface area (Å²) in [6.45, 7) is 4.13. The third-order valence-corrected chi connectivity index (χ3v) is 3.40. The number of benzene rings is 1. The van der Waals surface area contributed by atoms with E-state index < -0.39 is 0 Å². The second-order valence-electron chi connectivity index (χ2n) is 4.12. The number of anilines is 1. The highest BCUT2D eigenvalue weighted by atomic mass is 32.2. The monoisotopic (exact) mass is 224 g/mol. The van der Waals surface area contributed by atoms with E-state index in [0.717, 1.165) is 10.9 Å². The van der Waals surface area contributed by atoms with Gasteiger partial charge in [0.2, 0.25) is 0 Å². The molecule has 0 spiro atoms. The maximum absolute atomic E-state index is 13.3. The first kappa shape index (κ1) is 10.5. The Morgan fingerprint density at radius 3 is 2.73 bits per heavy atom. The summed E-state index contributed by atoms with van der Waals surface area (Å²) in [7, 11) is 0. The molecule has 1 heterocycles. The average molecular weight is 224 g/mol. The molecular weight excluding hydrogens is 211 g/mol. The summed E-state index contributed by atoms with van der Waals surface area (Å²) in [5.74, 6) is 0.689. The van der Waals surface area contributed by atoms with E-state index >= 15 is 0 Å². The van der Waals surface area contributed by atoms with Crippen molar-refractivity contribution in [3.8, 4) is 0 Å². The fraction of sp³-hybridized carbons (Fsp3) is 0.364. The molecule has 1 aromatic carbocycles. The number of rotatable bonds is 1. The van der Waals surface area contributed by atoms with Gasteiger partial charge in [0.15, 0.2) is 5.17 Å². The number of hydrogen-bond donors (Lipinski definition) is 1. The SMILES string of the molecule is CC1(C)CSC(Nc2ccccc2F)=N1. The molecule has 1 aliphatic heterocycles. The topological polar surface area (TPSA) is 24.4 Å². The number of aliphatic imine (C=N–C) groups is 1. The van der Waals surface area contributed by atoms with Crippen molar-refractivity contribution in [3.63, 3.8) is 0 Å². The Hall–Kier alpha value is -1.03. The third kappa shape index (κ3) is 2.50. The Bertz CT molecular complexity index is 401. The van der Waals surface area contributed by atoms with Gasteiger partial charge in [0, 0.05) is 5.75 Å². The van der Waals surface area contributed by atoms with Crippen LogP contribution in [0, 0.1) is 5.82 Å². The van der Waals surface area contributed by atoms with Crippen LogP contribution in [0.25, 0.3) is 0 Å². The van der Waals surface area contributed by atoms with Crippen LogP contribution in [0.15, 0.2) is 29.3 Å². The molecule has 2 rings (SSSR count). The van der Waals surface area contributed by atoms with Crippen LogP contribution < -0.4 is 5.32 Å². The van der Waals surface area contributed by atoms with Gasteiger partial charge in [-0.25, -0.2) is 4.39 Å². The van der Waals surface area contributed by atoms with E-state index in [1.165, 1.54) is 6.07 Å². The second-order valence-corrected chi connectivity index (χ2v) is 5.09. The molecule has 0 saturated heterocycles. The first-order valence-electron chi connectivity index (χ1n) is 4.81. The quantitative estimate of drug-likeness (QED) is 0.792. The van der Waals surface area contributed by atoms with Crippen LogP contribution in [0.5, 0.6) is 0 Å². The molecule has 0 bridgehead atoms. The smallest absolute Gasteiger partial charge is 0.161 e. The van der Waals surface area contributed by atoms with Gasteiger partial charge in [-0.05, 0) is 26.0 Å². The highest BCUT2D eigenvalue weighted by Gasteiger charge is 2.25. The Balaban J connectivity index is 2.14. The molecule has 0 fully saturated rings. The molecule has 0 aromatic heterocycles. The molecule has 80 valence electrons. The van der Waals surface area contributed by atoms with Crippen molar-refractivity contribution >= 4 is 22.6 Å².